The number of anilines is 1. The van der Waals surface area contributed by atoms with E-state index in [-0.39, 0.29) is 11.7 Å². The molecular formula is C23H23FN4O2. The van der Waals surface area contributed by atoms with Crippen LogP contribution in [0.15, 0.2) is 42.5 Å². The molecule has 1 aliphatic heterocycles. The number of hydrogen-bond acceptors (Lipinski definition) is 4. The Morgan fingerprint density at radius 1 is 1.10 bits per heavy atom. The van der Waals surface area contributed by atoms with Gasteiger partial charge < -0.3 is 14.5 Å². The highest BCUT2D eigenvalue weighted by molar-refractivity contribution is 5.96. The number of rotatable bonds is 3. The van der Waals surface area contributed by atoms with Gasteiger partial charge in [0, 0.05) is 37.3 Å². The van der Waals surface area contributed by atoms with Crippen molar-refractivity contribution in [1.82, 2.24) is 15.1 Å². The van der Waals surface area contributed by atoms with Crippen LogP contribution in [0.4, 0.5) is 10.1 Å². The average molecular weight is 406 g/mol. The minimum absolute atomic E-state index is 0.0334. The largest absolute Gasteiger partial charge is 0.497 e. The first-order chi connectivity index (χ1) is 14.7. The topological polar surface area (TPSA) is 61.5 Å². The Bertz CT molecular complexity index is 1100. The van der Waals surface area contributed by atoms with E-state index in [0.717, 1.165) is 35.4 Å². The van der Waals surface area contributed by atoms with Crippen molar-refractivity contribution in [3.8, 4) is 17.0 Å². The first-order valence-electron chi connectivity index (χ1n) is 10.2. The highest BCUT2D eigenvalue weighted by Crippen LogP contribution is 2.36. The van der Waals surface area contributed by atoms with Crippen LogP contribution < -0.4 is 9.64 Å². The van der Waals surface area contributed by atoms with Crippen molar-refractivity contribution >= 4 is 11.6 Å². The zero-order chi connectivity index (χ0) is 20.7. The number of methoxy groups -OCH3 is 1. The average Bonchev–Trinajstić information content (AvgIpc) is 3.23. The van der Waals surface area contributed by atoms with Gasteiger partial charge in [-0.25, -0.2) is 4.39 Å². The van der Waals surface area contributed by atoms with Crippen molar-refractivity contribution in [3.63, 3.8) is 0 Å². The quantitative estimate of drug-likeness (QED) is 0.725. The van der Waals surface area contributed by atoms with E-state index in [9.17, 15) is 9.18 Å². The van der Waals surface area contributed by atoms with Crippen LogP contribution in [0, 0.1) is 5.82 Å². The maximum Gasteiger partial charge on any atom is 0.272 e. The van der Waals surface area contributed by atoms with Gasteiger partial charge in [0.2, 0.25) is 0 Å². The zero-order valence-corrected chi connectivity index (χ0v) is 16.8. The van der Waals surface area contributed by atoms with Crippen LogP contribution in [0.3, 0.4) is 0 Å². The van der Waals surface area contributed by atoms with E-state index >= 15 is 0 Å². The van der Waals surface area contributed by atoms with Gasteiger partial charge in [0.1, 0.15) is 17.3 Å². The first kappa shape index (κ1) is 18.7. The summed E-state index contributed by atoms with van der Waals surface area (Å²) >= 11 is 0. The number of piperazine rings is 1. The van der Waals surface area contributed by atoms with Gasteiger partial charge in [-0.1, -0.05) is 12.1 Å². The lowest BCUT2D eigenvalue weighted by Gasteiger charge is -2.36. The van der Waals surface area contributed by atoms with Crippen molar-refractivity contribution in [2.75, 3.05) is 38.2 Å². The Labute approximate surface area is 174 Å². The molecule has 1 N–H and O–H groups in total. The van der Waals surface area contributed by atoms with E-state index in [1.807, 2.05) is 34.1 Å². The second kappa shape index (κ2) is 7.48. The van der Waals surface area contributed by atoms with Crippen molar-refractivity contribution < 1.29 is 13.9 Å². The van der Waals surface area contributed by atoms with Gasteiger partial charge in [0.25, 0.3) is 5.91 Å². The lowest BCUT2D eigenvalue weighted by molar-refractivity contribution is 0.0739. The Morgan fingerprint density at radius 2 is 1.90 bits per heavy atom. The third kappa shape index (κ3) is 3.10. The molecule has 5 rings (SSSR count). The maximum atomic E-state index is 14.1. The summed E-state index contributed by atoms with van der Waals surface area (Å²) in [6, 6.07) is 12.7. The van der Waals surface area contributed by atoms with Gasteiger partial charge in [-0.2, -0.15) is 5.10 Å². The molecule has 1 fully saturated rings. The van der Waals surface area contributed by atoms with E-state index in [1.165, 1.54) is 11.6 Å². The third-order valence-corrected chi connectivity index (χ3v) is 6.05. The van der Waals surface area contributed by atoms with Crippen molar-refractivity contribution in [1.29, 1.82) is 0 Å². The van der Waals surface area contributed by atoms with Gasteiger partial charge in [0.15, 0.2) is 0 Å². The molecule has 0 atom stereocenters. The molecule has 1 aromatic heterocycles. The molecule has 0 radical (unpaired) electrons. The molecule has 1 saturated heterocycles. The van der Waals surface area contributed by atoms with Crippen LogP contribution in [0.5, 0.6) is 5.75 Å². The minimum Gasteiger partial charge on any atom is -0.497 e. The Morgan fingerprint density at radius 3 is 2.67 bits per heavy atom. The number of amides is 1. The third-order valence-electron chi connectivity index (χ3n) is 6.05. The number of halogens is 1. The maximum absolute atomic E-state index is 14.1. The number of H-pyrrole nitrogens is 1. The smallest absolute Gasteiger partial charge is 0.272 e. The number of benzene rings is 2. The van der Waals surface area contributed by atoms with E-state index in [1.54, 1.807) is 19.2 Å². The van der Waals surface area contributed by atoms with Crippen LogP contribution in [0.2, 0.25) is 0 Å². The molecule has 2 aromatic carbocycles. The lowest BCUT2D eigenvalue weighted by Crippen LogP contribution is -2.49. The zero-order valence-electron chi connectivity index (χ0n) is 16.8. The number of ether oxygens (including phenoxy) is 1. The first-order valence-corrected chi connectivity index (χ1v) is 10.2. The van der Waals surface area contributed by atoms with Gasteiger partial charge in [-0.15, -0.1) is 0 Å². The van der Waals surface area contributed by atoms with Crippen LogP contribution in [0.25, 0.3) is 11.3 Å². The van der Waals surface area contributed by atoms with Gasteiger partial charge >= 0.3 is 0 Å². The molecule has 0 saturated carbocycles. The normalized spacial score (nSPS) is 15.5. The van der Waals surface area contributed by atoms with Crippen LogP contribution in [-0.2, 0) is 12.8 Å². The summed E-state index contributed by atoms with van der Waals surface area (Å²) in [5, 5.41) is 7.46. The number of carbonyl (C=O) groups excluding carboxylic acids is 1. The monoisotopic (exact) mass is 406 g/mol. The fraction of sp³-hybridized carbons (Fsp3) is 0.304. The molecular weight excluding hydrogens is 383 g/mol. The molecule has 3 aromatic rings. The number of hydrogen-bond donors (Lipinski definition) is 1. The Hall–Kier alpha value is -3.35. The molecule has 1 aliphatic carbocycles. The highest BCUT2D eigenvalue weighted by atomic mass is 19.1. The standard InChI is InChI=1S/C23H23FN4O2/c1-30-16-7-9-17-15(14-16)6-8-18-21(17)25-26-22(18)23(29)28-12-10-27(11-13-28)20-5-3-2-4-19(20)24/h2-5,7,9,14H,6,8,10-13H2,1H3,(H,25,26). The molecule has 30 heavy (non-hydrogen) atoms. The van der Waals surface area contributed by atoms with Gasteiger partial charge in [-0.05, 0) is 48.7 Å². The van der Waals surface area contributed by atoms with Crippen molar-refractivity contribution in [2.24, 2.45) is 0 Å². The molecule has 0 unspecified atom stereocenters. The van der Waals surface area contributed by atoms with E-state index < -0.39 is 0 Å². The van der Waals surface area contributed by atoms with E-state index in [2.05, 4.69) is 10.2 Å². The summed E-state index contributed by atoms with van der Waals surface area (Å²) in [5.74, 6) is 0.570. The Balaban J connectivity index is 1.34. The number of aryl methyl sites for hydroxylation is 1. The number of nitrogens with zero attached hydrogens (tertiary/aromatic N) is 3. The number of para-hydroxylation sites is 1. The minimum atomic E-state index is -0.227. The summed E-state index contributed by atoms with van der Waals surface area (Å²) in [7, 11) is 1.66. The number of aromatic amines is 1. The van der Waals surface area contributed by atoms with Gasteiger partial charge in [-0.3, -0.25) is 9.89 Å². The summed E-state index contributed by atoms with van der Waals surface area (Å²) in [6.07, 6.45) is 1.61. The summed E-state index contributed by atoms with van der Waals surface area (Å²) in [5.41, 5.74) is 5.24. The molecule has 1 amide bonds. The van der Waals surface area contributed by atoms with E-state index in [4.69, 9.17) is 4.74 Å². The number of aromatic nitrogens is 2. The van der Waals surface area contributed by atoms with Gasteiger partial charge in [0.05, 0.1) is 18.5 Å². The predicted octanol–water partition coefficient (Wildman–Crippen LogP) is 3.29. The molecule has 154 valence electrons. The van der Waals surface area contributed by atoms with Crippen LogP contribution in [-0.4, -0.2) is 54.3 Å². The molecule has 2 aliphatic rings. The molecule has 6 nitrogen and oxygen atoms in total. The van der Waals surface area contributed by atoms with Crippen LogP contribution >= 0.6 is 0 Å². The molecule has 0 bridgehead atoms. The van der Waals surface area contributed by atoms with Crippen LogP contribution in [0.1, 0.15) is 21.6 Å². The summed E-state index contributed by atoms with van der Waals surface area (Å²) in [6.45, 7) is 2.31. The second-order valence-electron chi connectivity index (χ2n) is 7.68. The molecule has 7 heteroatoms. The number of nitrogens with one attached hydrogen (secondary N) is 1. The summed E-state index contributed by atoms with van der Waals surface area (Å²) < 4.78 is 19.4. The van der Waals surface area contributed by atoms with Crippen molar-refractivity contribution in [3.05, 3.63) is 65.1 Å². The highest BCUT2D eigenvalue weighted by Gasteiger charge is 2.30. The number of carbonyl (C=O) groups is 1. The molecule has 0 spiro atoms. The lowest BCUT2D eigenvalue weighted by atomic mass is 9.88. The second-order valence-corrected chi connectivity index (χ2v) is 7.68. The SMILES string of the molecule is COc1ccc2c(c1)CCc1c-2n[nH]c1C(=O)N1CCN(c2ccccc2F)CC1. The fourth-order valence-electron chi connectivity index (χ4n) is 4.42. The predicted molar refractivity (Wildman–Crippen MR) is 113 cm³/mol. The number of fused-ring (bicyclic) bond motifs is 3. The fourth-order valence-corrected chi connectivity index (χ4v) is 4.42. The summed E-state index contributed by atoms with van der Waals surface area (Å²) in [4.78, 5) is 17.0. The van der Waals surface area contributed by atoms with E-state index in [0.29, 0.717) is 37.6 Å². The molecule has 2 heterocycles. The Kier molecular flexibility index (Phi) is 4.65. The van der Waals surface area contributed by atoms with Crippen molar-refractivity contribution in [2.45, 2.75) is 12.8 Å².